The smallest absolute Gasteiger partial charge is 0.329 e. The molecule has 0 aliphatic rings. The van der Waals surface area contributed by atoms with Gasteiger partial charge >= 0.3 is 6.03 Å². The molecule has 5 heteroatoms. The summed E-state index contributed by atoms with van der Waals surface area (Å²) < 4.78 is 5.87. The Balaban J connectivity index is 3.47. The molecule has 66 valence electrons. The number of hydrogen-bond donors (Lipinski definition) is 2. The molecule has 0 fully saturated rings. The number of nitrogens with zero attached hydrogens (tertiary/aromatic N) is 1. The summed E-state index contributed by atoms with van der Waals surface area (Å²) in [5.74, 6) is 0. The van der Waals surface area contributed by atoms with Gasteiger partial charge in [0, 0.05) is 13.7 Å². The summed E-state index contributed by atoms with van der Waals surface area (Å²) in [6, 6.07) is -0.225. The van der Waals surface area contributed by atoms with Crippen LogP contribution in [0.4, 0.5) is 4.79 Å². The molecule has 0 bridgehead atoms. The predicted molar refractivity (Wildman–Crippen MR) is 46.4 cm³/mol. The van der Waals surface area contributed by atoms with Gasteiger partial charge in [-0.15, -0.1) is 0 Å². The third-order valence-electron chi connectivity index (χ3n) is 1.01. The van der Waals surface area contributed by atoms with Gasteiger partial charge in [-0.25, -0.2) is 9.10 Å². The highest BCUT2D eigenvalue weighted by Crippen LogP contribution is 1.92. The van der Waals surface area contributed by atoms with Crippen LogP contribution in [0.25, 0.3) is 0 Å². The van der Waals surface area contributed by atoms with Gasteiger partial charge < -0.3 is 10.1 Å². The zero-order chi connectivity index (χ0) is 8.69. The fourth-order valence-corrected chi connectivity index (χ4v) is 0.690. The van der Waals surface area contributed by atoms with Crippen LogP contribution in [0.3, 0.4) is 0 Å². The van der Waals surface area contributed by atoms with Crippen molar-refractivity contribution in [3.8, 4) is 0 Å². The molecule has 0 aromatic carbocycles. The first kappa shape index (κ1) is 10.6. The Labute approximate surface area is 72.4 Å². The van der Waals surface area contributed by atoms with Crippen LogP contribution in [0.1, 0.15) is 13.3 Å². The van der Waals surface area contributed by atoms with Crippen molar-refractivity contribution in [3.63, 3.8) is 0 Å². The Bertz CT molecular complexity index is 121. The molecule has 0 aliphatic carbocycles. The van der Waals surface area contributed by atoms with E-state index in [1.165, 1.54) is 11.4 Å². The van der Waals surface area contributed by atoms with Crippen molar-refractivity contribution in [2.75, 3.05) is 20.4 Å². The molecule has 1 N–H and O–H groups in total. The molecule has 0 heterocycles. The van der Waals surface area contributed by atoms with E-state index in [0.29, 0.717) is 6.54 Å². The topological polar surface area (TPSA) is 41.6 Å². The van der Waals surface area contributed by atoms with Gasteiger partial charge in [0.1, 0.15) is 6.73 Å². The van der Waals surface area contributed by atoms with Crippen molar-refractivity contribution in [1.29, 1.82) is 0 Å². The van der Waals surface area contributed by atoms with Crippen LogP contribution in [-0.2, 0) is 4.74 Å². The number of methoxy groups -OCH3 is 1. The maximum absolute atomic E-state index is 11.0. The monoisotopic (exact) mass is 178 g/mol. The van der Waals surface area contributed by atoms with E-state index in [1.54, 1.807) is 0 Å². The third kappa shape index (κ3) is 4.92. The maximum Gasteiger partial charge on any atom is 0.329 e. The van der Waals surface area contributed by atoms with Crippen LogP contribution < -0.4 is 5.32 Å². The fourth-order valence-electron chi connectivity index (χ4n) is 0.504. The number of carbonyl (C=O) groups is 1. The Morgan fingerprint density at radius 1 is 1.73 bits per heavy atom. The van der Waals surface area contributed by atoms with Crippen molar-refractivity contribution in [2.45, 2.75) is 13.3 Å². The van der Waals surface area contributed by atoms with Gasteiger partial charge in [-0.2, -0.15) is 0 Å². The van der Waals surface area contributed by atoms with Gasteiger partial charge in [0.25, 0.3) is 0 Å². The van der Waals surface area contributed by atoms with Crippen LogP contribution in [0.2, 0.25) is 0 Å². The number of nitrogens with one attached hydrogen (secondary N) is 1. The first-order valence-corrected chi connectivity index (χ1v) is 3.85. The Morgan fingerprint density at radius 2 is 2.36 bits per heavy atom. The summed E-state index contributed by atoms with van der Waals surface area (Å²) in [7, 11) is 1.51. The van der Waals surface area contributed by atoms with Crippen LogP contribution in [0.5, 0.6) is 0 Å². The largest absolute Gasteiger partial charge is 0.363 e. The number of hydrogen-bond acceptors (Lipinski definition) is 3. The number of urea groups is 1. The molecule has 0 aliphatic heterocycles. The number of thiol groups is 1. The van der Waals surface area contributed by atoms with Crippen molar-refractivity contribution in [2.24, 2.45) is 0 Å². The van der Waals surface area contributed by atoms with E-state index < -0.39 is 0 Å². The van der Waals surface area contributed by atoms with Gasteiger partial charge in [-0.1, -0.05) is 19.7 Å². The van der Waals surface area contributed by atoms with Gasteiger partial charge in [-0.3, -0.25) is 0 Å². The Morgan fingerprint density at radius 3 is 2.82 bits per heavy atom. The van der Waals surface area contributed by atoms with E-state index in [0.717, 1.165) is 6.42 Å². The molecule has 0 rings (SSSR count). The zero-order valence-electron chi connectivity index (χ0n) is 6.83. The highest BCUT2D eigenvalue weighted by molar-refractivity contribution is 7.78. The van der Waals surface area contributed by atoms with Crippen molar-refractivity contribution >= 4 is 18.8 Å². The lowest BCUT2D eigenvalue weighted by Gasteiger charge is -2.14. The summed E-state index contributed by atoms with van der Waals surface area (Å²) >= 11 is 3.87. The van der Waals surface area contributed by atoms with Crippen molar-refractivity contribution < 1.29 is 9.53 Å². The van der Waals surface area contributed by atoms with E-state index in [9.17, 15) is 4.79 Å². The van der Waals surface area contributed by atoms with Crippen LogP contribution in [0, 0.1) is 0 Å². The lowest BCUT2D eigenvalue weighted by atomic mass is 10.5. The average molecular weight is 178 g/mol. The number of ether oxygens (including phenoxy) is 1. The highest BCUT2D eigenvalue weighted by atomic mass is 32.1. The molecule has 11 heavy (non-hydrogen) atoms. The first-order chi connectivity index (χ1) is 5.22. The second-order valence-corrected chi connectivity index (χ2v) is 2.53. The molecule has 0 spiro atoms. The second-order valence-electron chi connectivity index (χ2n) is 2.05. The summed E-state index contributed by atoms with van der Waals surface area (Å²) in [4.78, 5) is 11.0. The molecule has 0 radical (unpaired) electrons. The van der Waals surface area contributed by atoms with Crippen molar-refractivity contribution in [1.82, 2.24) is 9.62 Å². The lowest BCUT2D eigenvalue weighted by Crippen LogP contribution is -2.35. The number of amides is 2. The van der Waals surface area contributed by atoms with Gasteiger partial charge in [0.05, 0.1) is 0 Å². The fraction of sp³-hybridized carbons (Fsp3) is 0.833. The van der Waals surface area contributed by atoms with Crippen molar-refractivity contribution in [3.05, 3.63) is 0 Å². The molecule has 2 amide bonds. The van der Waals surface area contributed by atoms with Crippen LogP contribution in [0.15, 0.2) is 0 Å². The molecular weight excluding hydrogens is 164 g/mol. The van der Waals surface area contributed by atoms with Crippen LogP contribution in [-0.4, -0.2) is 30.7 Å². The standard InChI is InChI=1S/C6H14N2O2S/c1-3-4-7-6(9)8(11)5-10-2/h11H,3-5H2,1-2H3,(H,7,9). The highest BCUT2D eigenvalue weighted by Gasteiger charge is 2.05. The van der Waals surface area contributed by atoms with E-state index in [1.807, 2.05) is 6.92 Å². The average Bonchev–Trinajstić information content (AvgIpc) is 2.00. The van der Waals surface area contributed by atoms with Gasteiger partial charge in [0.2, 0.25) is 0 Å². The molecule has 4 nitrogen and oxygen atoms in total. The quantitative estimate of drug-likeness (QED) is 0.495. The van der Waals surface area contributed by atoms with E-state index in [-0.39, 0.29) is 12.8 Å². The Kier molecular flexibility index (Phi) is 6.06. The minimum atomic E-state index is -0.225. The molecule has 0 unspecified atom stereocenters. The van der Waals surface area contributed by atoms with E-state index in [2.05, 4.69) is 18.1 Å². The SMILES string of the molecule is CCCNC(=O)N(S)COC. The molecule has 0 aromatic heterocycles. The summed E-state index contributed by atoms with van der Waals surface area (Å²) in [6.45, 7) is 2.84. The first-order valence-electron chi connectivity index (χ1n) is 3.45. The van der Waals surface area contributed by atoms with E-state index in [4.69, 9.17) is 4.74 Å². The van der Waals surface area contributed by atoms with Gasteiger partial charge in [-0.05, 0) is 6.42 Å². The summed E-state index contributed by atoms with van der Waals surface area (Å²) in [5, 5.41) is 2.65. The summed E-state index contributed by atoms with van der Waals surface area (Å²) in [5.41, 5.74) is 0. The molecule has 0 atom stereocenters. The minimum Gasteiger partial charge on any atom is -0.363 e. The molecular formula is C6H14N2O2S. The summed E-state index contributed by atoms with van der Waals surface area (Å²) in [6.07, 6.45) is 0.917. The number of rotatable bonds is 4. The third-order valence-corrected chi connectivity index (χ3v) is 1.31. The Hall–Kier alpha value is -0.420. The lowest BCUT2D eigenvalue weighted by molar-refractivity contribution is 0.132. The van der Waals surface area contributed by atoms with E-state index >= 15 is 0 Å². The van der Waals surface area contributed by atoms with Gasteiger partial charge in [0.15, 0.2) is 0 Å². The molecule has 0 saturated heterocycles. The molecule has 0 aromatic rings. The number of carbonyl (C=O) groups excluding carboxylic acids is 1. The zero-order valence-corrected chi connectivity index (χ0v) is 7.73. The minimum absolute atomic E-state index is 0.193. The van der Waals surface area contributed by atoms with Crippen LogP contribution >= 0.6 is 12.8 Å². The predicted octanol–water partition coefficient (Wildman–Crippen LogP) is 0.857. The second kappa shape index (κ2) is 6.30. The maximum atomic E-state index is 11.0. The molecule has 0 saturated carbocycles. The normalized spacial score (nSPS) is 9.36.